The first-order valence-corrected chi connectivity index (χ1v) is 12.5. The minimum atomic E-state index is 0.236. The highest BCUT2D eigenvalue weighted by Gasteiger charge is 2.19. The van der Waals surface area contributed by atoms with Crippen LogP contribution in [0.4, 0.5) is 17.6 Å². The molecule has 1 aliphatic rings. The smallest absolute Gasteiger partial charge is 0.259 e. The summed E-state index contributed by atoms with van der Waals surface area (Å²) in [7, 11) is 6.06. The van der Waals surface area contributed by atoms with Crippen LogP contribution in [0.25, 0.3) is 17.4 Å². The van der Waals surface area contributed by atoms with Crippen molar-refractivity contribution in [2.24, 2.45) is 0 Å². The lowest BCUT2D eigenvalue weighted by Gasteiger charge is -2.36. The van der Waals surface area contributed by atoms with E-state index in [1.165, 1.54) is 10.2 Å². The van der Waals surface area contributed by atoms with E-state index < -0.39 is 0 Å². The summed E-state index contributed by atoms with van der Waals surface area (Å²) >= 11 is 0. The Bertz CT molecular complexity index is 1280. The van der Waals surface area contributed by atoms with Crippen LogP contribution in [0.3, 0.4) is 0 Å². The van der Waals surface area contributed by atoms with E-state index in [4.69, 9.17) is 14.9 Å². The molecule has 1 aromatic carbocycles. The fourth-order valence-corrected chi connectivity index (χ4v) is 4.20. The molecule has 1 fully saturated rings. The summed E-state index contributed by atoms with van der Waals surface area (Å²) in [6.45, 7) is 7.22. The van der Waals surface area contributed by atoms with Crippen molar-refractivity contribution in [2.45, 2.75) is 0 Å². The van der Waals surface area contributed by atoms with Gasteiger partial charge in [-0.05, 0) is 50.5 Å². The summed E-state index contributed by atoms with van der Waals surface area (Å²) in [5.41, 5.74) is 7.38. The number of benzene rings is 1. The van der Waals surface area contributed by atoms with Crippen molar-refractivity contribution in [1.29, 1.82) is 0 Å². The Morgan fingerprint density at radius 3 is 2.46 bits per heavy atom. The number of nitrogens with zero attached hydrogens (tertiary/aromatic N) is 9. The van der Waals surface area contributed by atoms with Crippen LogP contribution >= 0.6 is 0 Å². The maximum Gasteiger partial charge on any atom is 0.259 e. The van der Waals surface area contributed by atoms with Crippen molar-refractivity contribution in [3.63, 3.8) is 0 Å². The van der Waals surface area contributed by atoms with Gasteiger partial charge in [0, 0.05) is 58.5 Å². The van der Waals surface area contributed by atoms with Crippen LogP contribution < -0.4 is 20.3 Å². The zero-order valence-electron chi connectivity index (χ0n) is 21.6. The first kappa shape index (κ1) is 24.8. The molecule has 0 saturated carbocycles. The van der Waals surface area contributed by atoms with Crippen LogP contribution in [0.15, 0.2) is 47.1 Å². The Morgan fingerprint density at radius 1 is 0.973 bits per heavy atom. The predicted octanol–water partition coefficient (Wildman–Crippen LogP) is 1.56. The predicted molar refractivity (Wildman–Crippen MR) is 143 cm³/mol. The largest absolute Gasteiger partial charge is 0.492 e. The average molecular weight is 507 g/mol. The number of anilines is 3. The number of nitrogens with two attached hydrogens (primary N) is 1. The Kier molecular flexibility index (Phi) is 7.37. The number of nitrogen functional groups attached to an aromatic ring is 1. The van der Waals surface area contributed by atoms with Crippen LogP contribution in [-0.2, 0) is 0 Å². The summed E-state index contributed by atoms with van der Waals surface area (Å²) in [6, 6.07) is 12.0. The molecular formula is C25H34N10O2. The summed E-state index contributed by atoms with van der Waals surface area (Å²) in [6.07, 6.45) is 1.58. The van der Waals surface area contributed by atoms with Gasteiger partial charge in [0.05, 0.1) is 6.26 Å². The second kappa shape index (κ2) is 11.0. The SMILES string of the molecule is CN(C)CCOc1ccc(N2CCN(CCN(C)c3nc(N)n4nc(-c5ccco5)nc4n3)CC2)cc1. The molecule has 2 N–H and O–H groups in total. The Balaban J connectivity index is 1.11. The van der Waals surface area contributed by atoms with E-state index in [0.717, 1.165) is 51.6 Å². The number of piperazine rings is 1. The van der Waals surface area contributed by atoms with E-state index in [9.17, 15) is 0 Å². The van der Waals surface area contributed by atoms with E-state index in [0.29, 0.717) is 29.9 Å². The topological polar surface area (TPSA) is 117 Å². The van der Waals surface area contributed by atoms with Crippen molar-refractivity contribution < 1.29 is 9.15 Å². The minimum absolute atomic E-state index is 0.236. The van der Waals surface area contributed by atoms with Gasteiger partial charge in [0.2, 0.25) is 17.7 Å². The third kappa shape index (κ3) is 5.92. The van der Waals surface area contributed by atoms with Gasteiger partial charge in [0.1, 0.15) is 12.4 Å². The molecule has 4 aromatic rings. The molecule has 1 saturated heterocycles. The second-order valence-electron chi connectivity index (χ2n) is 9.40. The Labute approximate surface area is 216 Å². The molecule has 0 spiro atoms. The van der Waals surface area contributed by atoms with Crippen molar-refractivity contribution in [3.05, 3.63) is 42.7 Å². The van der Waals surface area contributed by atoms with Crippen LogP contribution in [0.2, 0.25) is 0 Å². The lowest BCUT2D eigenvalue weighted by molar-refractivity contribution is 0.260. The monoisotopic (exact) mass is 506 g/mol. The maximum absolute atomic E-state index is 6.14. The molecule has 0 radical (unpaired) electrons. The van der Waals surface area contributed by atoms with Gasteiger partial charge in [-0.1, -0.05) is 0 Å². The number of ether oxygens (including phenoxy) is 1. The highest BCUT2D eigenvalue weighted by molar-refractivity contribution is 5.53. The van der Waals surface area contributed by atoms with Crippen LogP contribution in [-0.4, -0.2) is 108 Å². The zero-order chi connectivity index (χ0) is 25.8. The number of aromatic nitrogens is 5. The normalized spacial score (nSPS) is 14.5. The van der Waals surface area contributed by atoms with Gasteiger partial charge in [-0.3, -0.25) is 4.90 Å². The van der Waals surface area contributed by atoms with Gasteiger partial charge in [-0.25, -0.2) is 0 Å². The molecule has 5 rings (SSSR count). The van der Waals surface area contributed by atoms with Gasteiger partial charge in [0.15, 0.2) is 5.76 Å². The zero-order valence-corrected chi connectivity index (χ0v) is 21.6. The van der Waals surface area contributed by atoms with Gasteiger partial charge >= 0.3 is 0 Å². The van der Waals surface area contributed by atoms with Gasteiger partial charge < -0.3 is 29.6 Å². The molecule has 0 amide bonds. The fraction of sp³-hybridized carbons (Fsp3) is 0.440. The van der Waals surface area contributed by atoms with E-state index in [1.54, 1.807) is 18.4 Å². The number of likely N-dealkylation sites (N-methyl/N-ethyl adjacent to an activating group) is 2. The Hall–Kier alpha value is -3.90. The standard InChI is InChI=1S/C25H34N10O2/c1-31(2)16-18-36-20-8-6-19(7-9-20)34-14-12-33(13-15-34)11-10-32(3)24-28-23(26)35-25(29-24)27-22(30-35)21-5-4-17-37-21/h4-9,17H,10-16,18H2,1-3H3,(H2,26,27,28,29,30). The van der Waals surface area contributed by atoms with E-state index >= 15 is 0 Å². The molecule has 0 aliphatic carbocycles. The van der Waals surface area contributed by atoms with Gasteiger partial charge in [-0.2, -0.15) is 19.5 Å². The molecule has 1 aliphatic heterocycles. The molecule has 37 heavy (non-hydrogen) atoms. The van der Waals surface area contributed by atoms with Gasteiger partial charge in [-0.15, -0.1) is 5.10 Å². The third-order valence-corrected chi connectivity index (χ3v) is 6.44. The summed E-state index contributed by atoms with van der Waals surface area (Å²) in [4.78, 5) is 22.4. The summed E-state index contributed by atoms with van der Waals surface area (Å²) < 4.78 is 12.6. The lowest BCUT2D eigenvalue weighted by atomic mass is 10.2. The lowest BCUT2D eigenvalue weighted by Crippen LogP contribution is -2.48. The van der Waals surface area contributed by atoms with Crippen LogP contribution in [0.5, 0.6) is 5.75 Å². The molecule has 0 unspecified atom stereocenters. The van der Waals surface area contributed by atoms with Gasteiger partial charge in [0.25, 0.3) is 5.78 Å². The summed E-state index contributed by atoms with van der Waals surface area (Å²) in [5.74, 6) is 3.05. The Morgan fingerprint density at radius 2 is 1.76 bits per heavy atom. The maximum atomic E-state index is 6.14. The molecular weight excluding hydrogens is 472 g/mol. The summed E-state index contributed by atoms with van der Waals surface area (Å²) in [5, 5.41) is 4.35. The van der Waals surface area contributed by atoms with E-state index in [1.807, 2.05) is 26.0 Å². The van der Waals surface area contributed by atoms with E-state index in [2.05, 4.69) is 59.0 Å². The number of rotatable bonds is 10. The molecule has 12 heteroatoms. The highest BCUT2D eigenvalue weighted by Crippen LogP contribution is 2.21. The molecule has 196 valence electrons. The van der Waals surface area contributed by atoms with Crippen molar-refractivity contribution in [2.75, 3.05) is 89.1 Å². The number of fused-ring (bicyclic) bond motifs is 1. The molecule has 4 heterocycles. The second-order valence-corrected chi connectivity index (χ2v) is 9.40. The fourth-order valence-electron chi connectivity index (χ4n) is 4.20. The first-order chi connectivity index (χ1) is 18.0. The van der Waals surface area contributed by atoms with Crippen molar-refractivity contribution >= 4 is 23.4 Å². The van der Waals surface area contributed by atoms with Crippen LogP contribution in [0, 0.1) is 0 Å². The third-order valence-electron chi connectivity index (χ3n) is 6.44. The molecule has 12 nitrogen and oxygen atoms in total. The number of hydrogen-bond donors (Lipinski definition) is 1. The first-order valence-electron chi connectivity index (χ1n) is 12.5. The molecule has 0 atom stereocenters. The average Bonchev–Trinajstić information content (AvgIpc) is 3.58. The minimum Gasteiger partial charge on any atom is -0.492 e. The quantitative estimate of drug-likeness (QED) is 0.338. The molecule has 3 aromatic heterocycles. The highest BCUT2D eigenvalue weighted by atomic mass is 16.5. The van der Waals surface area contributed by atoms with Crippen molar-refractivity contribution in [3.8, 4) is 17.3 Å². The van der Waals surface area contributed by atoms with E-state index in [-0.39, 0.29) is 5.95 Å². The van der Waals surface area contributed by atoms with Crippen LogP contribution in [0.1, 0.15) is 0 Å². The number of hydrogen-bond acceptors (Lipinski definition) is 11. The molecule has 0 bridgehead atoms. The van der Waals surface area contributed by atoms with Crippen molar-refractivity contribution in [1.82, 2.24) is 34.4 Å². The number of furan rings is 1.